The minimum atomic E-state index is -3.63. The first-order valence-corrected chi connectivity index (χ1v) is 10.1. The van der Waals surface area contributed by atoms with E-state index in [0.717, 1.165) is 38.3 Å². The Balaban J connectivity index is 2.08. The molecule has 24 heavy (non-hydrogen) atoms. The number of fused-ring (bicyclic) bond motifs is 1. The van der Waals surface area contributed by atoms with Gasteiger partial charge in [0.15, 0.2) is 0 Å². The molecule has 0 aromatic heterocycles. The van der Waals surface area contributed by atoms with Crippen LogP contribution in [-0.4, -0.2) is 64.3 Å². The van der Waals surface area contributed by atoms with E-state index in [1.807, 2.05) is 13.1 Å². The number of nitrogens with zero attached hydrogens (tertiary/aromatic N) is 2. The average molecular weight is 356 g/mol. The number of hydrogen-bond acceptors (Lipinski definition) is 5. The first-order valence-electron chi connectivity index (χ1n) is 8.60. The quantitative estimate of drug-likeness (QED) is 0.693. The minimum Gasteiger partial charge on any atom is -0.395 e. The Kier molecular flexibility index (Phi) is 6.62. The molecule has 6 nitrogen and oxygen atoms in total. The van der Waals surface area contributed by atoms with E-state index >= 15 is 0 Å². The molecule has 0 radical (unpaired) electrons. The van der Waals surface area contributed by atoms with Gasteiger partial charge < -0.3 is 14.9 Å². The highest BCUT2D eigenvalue weighted by atomic mass is 32.2. The Morgan fingerprint density at radius 3 is 2.67 bits per heavy atom. The molecule has 2 N–H and O–H groups in total. The van der Waals surface area contributed by atoms with Crippen molar-refractivity contribution in [3.8, 4) is 0 Å². The van der Waals surface area contributed by atoms with Gasteiger partial charge in [0.05, 0.1) is 11.5 Å². The second-order valence-electron chi connectivity index (χ2n) is 6.28. The Labute approximate surface area is 145 Å². The van der Waals surface area contributed by atoms with Crippen molar-refractivity contribution in [3.63, 3.8) is 0 Å². The van der Waals surface area contributed by atoms with E-state index in [2.05, 4.69) is 28.4 Å². The number of sulfonamides is 1. The SMILES string of the molecule is CCN(CC)CC[C@@H](CO)NS(=O)(=O)c1ccc2c(c1)N(C)CC2. The number of rotatable bonds is 9. The maximum absolute atomic E-state index is 12.6. The third kappa shape index (κ3) is 4.47. The predicted octanol–water partition coefficient (Wildman–Crippen LogP) is 1.05. The summed E-state index contributed by atoms with van der Waals surface area (Å²) >= 11 is 0. The number of aliphatic hydroxyl groups excluding tert-OH is 1. The van der Waals surface area contributed by atoms with Gasteiger partial charge in [-0.15, -0.1) is 0 Å². The zero-order valence-corrected chi connectivity index (χ0v) is 15.6. The second kappa shape index (κ2) is 8.29. The summed E-state index contributed by atoms with van der Waals surface area (Å²) in [6.07, 6.45) is 1.53. The Morgan fingerprint density at radius 2 is 2.04 bits per heavy atom. The molecule has 1 atom stereocenters. The van der Waals surface area contributed by atoms with Crippen molar-refractivity contribution < 1.29 is 13.5 Å². The zero-order chi connectivity index (χ0) is 17.7. The molecule has 0 fully saturated rings. The minimum absolute atomic E-state index is 0.203. The van der Waals surface area contributed by atoms with Crippen LogP contribution in [0.5, 0.6) is 0 Å². The molecule has 1 aromatic carbocycles. The van der Waals surface area contributed by atoms with E-state index in [9.17, 15) is 13.5 Å². The van der Waals surface area contributed by atoms with Crippen molar-refractivity contribution in [2.75, 3.05) is 44.7 Å². The topological polar surface area (TPSA) is 72.9 Å². The van der Waals surface area contributed by atoms with Crippen LogP contribution in [0.2, 0.25) is 0 Å². The lowest BCUT2D eigenvalue weighted by Crippen LogP contribution is -2.40. The fraction of sp³-hybridized carbons (Fsp3) is 0.647. The average Bonchev–Trinajstić information content (AvgIpc) is 2.95. The summed E-state index contributed by atoms with van der Waals surface area (Å²) < 4.78 is 27.9. The fourth-order valence-corrected chi connectivity index (χ4v) is 4.32. The van der Waals surface area contributed by atoms with Crippen LogP contribution < -0.4 is 9.62 Å². The molecule has 2 rings (SSSR count). The highest BCUT2D eigenvalue weighted by Gasteiger charge is 2.23. The first-order chi connectivity index (χ1) is 11.4. The molecule has 1 aliphatic rings. The summed E-state index contributed by atoms with van der Waals surface area (Å²) in [5.74, 6) is 0. The summed E-state index contributed by atoms with van der Waals surface area (Å²) in [6.45, 7) is 7.44. The molecule has 1 aromatic rings. The van der Waals surface area contributed by atoms with Gasteiger partial charge >= 0.3 is 0 Å². The third-order valence-electron chi connectivity index (χ3n) is 4.73. The number of benzene rings is 1. The third-order valence-corrected chi connectivity index (χ3v) is 6.24. The van der Waals surface area contributed by atoms with Gasteiger partial charge in [0, 0.05) is 25.3 Å². The molecule has 0 spiro atoms. The summed E-state index contributed by atoms with van der Waals surface area (Å²) in [5, 5.41) is 9.54. The van der Waals surface area contributed by atoms with Crippen molar-refractivity contribution in [3.05, 3.63) is 23.8 Å². The maximum Gasteiger partial charge on any atom is 0.240 e. The van der Waals surface area contributed by atoms with Gasteiger partial charge in [-0.1, -0.05) is 19.9 Å². The number of hydrogen-bond donors (Lipinski definition) is 2. The molecule has 0 amide bonds. The Morgan fingerprint density at radius 1 is 1.33 bits per heavy atom. The lowest BCUT2D eigenvalue weighted by atomic mass is 10.2. The Hall–Kier alpha value is -1.15. The van der Waals surface area contributed by atoms with Gasteiger partial charge in [0.2, 0.25) is 10.0 Å². The van der Waals surface area contributed by atoms with Crippen LogP contribution in [-0.2, 0) is 16.4 Å². The fourth-order valence-electron chi connectivity index (χ4n) is 3.04. The monoisotopic (exact) mass is 355 g/mol. The van der Waals surface area contributed by atoms with Crippen molar-refractivity contribution in [2.24, 2.45) is 0 Å². The zero-order valence-electron chi connectivity index (χ0n) is 14.8. The van der Waals surface area contributed by atoms with Crippen LogP contribution >= 0.6 is 0 Å². The molecule has 1 heterocycles. The van der Waals surface area contributed by atoms with Crippen LogP contribution in [0.25, 0.3) is 0 Å². The molecule has 0 bridgehead atoms. The number of likely N-dealkylation sites (N-methyl/N-ethyl adjacent to an activating group) is 1. The van der Waals surface area contributed by atoms with Gasteiger partial charge in [-0.2, -0.15) is 0 Å². The molecule has 7 heteroatoms. The van der Waals surface area contributed by atoms with Crippen LogP contribution in [0.15, 0.2) is 23.1 Å². The Bertz CT molecular complexity index is 644. The van der Waals surface area contributed by atoms with Crippen molar-refractivity contribution in [1.29, 1.82) is 0 Å². The van der Waals surface area contributed by atoms with Crippen LogP contribution in [0.3, 0.4) is 0 Å². The normalized spacial score (nSPS) is 15.8. The lowest BCUT2D eigenvalue weighted by molar-refractivity contribution is 0.224. The highest BCUT2D eigenvalue weighted by Crippen LogP contribution is 2.29. The molecule has 1 aliphatic heterocycles. The van der Waals surface area contributed by atoms with Crippen LogP contribution in [0.1, 0.15) is 25.8 Å². The maximum atomic E-state index is 12.6. The van der Waals surface area contributed by atoms with Gasteiger partial charge in [-0.05, 0) is 50.2 Å². The molecular formula is C17H29N3O3S. The van der Waals surface area contributed by atoms with E-state index < -0.39 is 16.1 Å². The summed E-state index contributed by atoms with van der Waals surface area (Å²) in [5.41, 5.74) is 2.15. The van der Waals surface area contributed by atoms with E-state index in [4.69, 9.17) is 0 Å². The van der Waals surface area contributed by atoms with Gasteiger partial charge in [0.25, 0.3) is 0 Å². The van der Waals surface area contributed by atoms with Crippen molar-refractivity contribution in [2.45, 2.75) is 37.6 Å². The summed E-state index contributed by atoms with van der Waals surface area (Å²) in [6, 6.07) is 4.79. The summed E-state index contributed by atoms with van der Waals surface area (Å²) in [7, 11) is -1.66. The van der Waals surface area contributed by atoms with Gasteiger partial charge in [0.1, 0.15) is 0 Å². The van der Waals surface area contributed by atoms with E-state index in [0.29, 0.717) is 6.42 Å². The predicted molar refractivity (Wildman–Crippen MR) is 97.0 cm³/mol. The van der Waals surface area contributed by atoms with Gasteiger partial charge in [-0.25, -0.2) is 13.1 Å². The lowest BCUT2D eigenvalue weighted by Gasteiger charge is -2.22. The molecular weight excluding hydrogens is 326 g/mol. The smallest absolute Gasteiger partial charge is 0.240 e. The van der Waals surface area contributed by atoms with E-state index in [-0.39, 0.29) is 11.5 Å². The molecule has 0 saturated carbocycles. The highest BCUT2D eigenvalue weighted by molar-refractivity contribution is 7.89. The van der Waals surface area contributed by atoms with Crippen molar-refractivity contribution in [1.82, 2.24) is 9.62 Å². The van der Waals surface area contributed by atoms with Gasteiger partial charge in [-0.3, -0.25) is 0 Å². The van der Waals surface area contributed by atoms with E-state index in [1.54, 1.807) is 12.1 Å². The molecule has 0 aliphatic carbocycles. The molecule has 136 valence electrons. The van der Waals surface area contributed by atoms with E-state index in [1.165, 1.54) is 5.56 Å². The first kappa shape index (κ1) is 19.2. The van der Waals surface area contributed by atoms with Crippen LogP contribution in [0, 0.1) is 0 Å². The standard InChI is InChI=1S/C17H29N3O3S/c1-4-20(5-2)11-9-15(13-21)18-24(22,23)16-7-6-14-8-10-19(3)17(14)12-16/h6-7,12,15,18,21H,4-5,8-11,13H2,1-3H3/t15-/m0/s1. The molecule has 0 unspecified atom stereocenters. The largest absolute Gasteiger partial charge is 0.395 e. The number of anilines is 1. The second-order valence-corrected chi connectivity index (χ2v) is 7.99. The number of nitrogens with one attached hydrogen (secondary N) is 1. The number of aliphatic hydroxyl groups is 1. The van der Waals surface area contributed by atoms with Crippen LogP contribution in [0.4, 0.5) is 5.69 Å². The summed E-state index contributed by atoms with van der Waals surface area (Å²) in [4.78, 5) is 4.54. The van der Waals surface area contributed by atoms with Crippen molar-refractivity contribution >= 4 is 15.7 Å². The molecule has 0 saturated heterocycles.